The summed E-state index contributed by atoms with van der Waals surface area (Å²) in [6, 6.07) is 0.788. The average molecular weight is 159 g/mol. The van der Waals surface area contributed by atoms with Crippen molar-refractivity contribution in [2.75, 3.05) is 0 Å². The van der Waals surface area contributed by atoms with E-state index in [-0.39, 0.29) is 5.60 Å². The number of rotatable bonds is 0. The van der Waals surface area contributed by atoms with Crippen molar-refractivity contribution in [1.29, 1.82) is 0 Å². The Morgan fingerprint density at radius 2 is 2.10 bits per heavy atom. The maximum atomic E-state index is 11.5. The molecule has 1 aliphatic rings. The van der Waals surface area contributed by atoms with Crippen LogP contribution >= 0.6 is 0 Å². The molecule has 0 saturated carbocycles. The van der Waals surface area contributed by atoms with Crippen molar-refractivity contribution in [3.63, 3.8) is 0 Å². The van der Waals surface area contributed by atoms with Gasteiger partial charge in [-0.3, -0.25) is 0 Å². The average Bonchev–Trinajstić information content (AvgIpc) is 1.56. The molecule has 10 heavy (non-hydrogen) atoms. The van der Waals surface area contributed by atoms with Gasteiger partial charge < -0.3 is 9.22 Å². The van der Waals surface area contributed by atoms with Crippen molar-refractivity contribution in [3.8, 4) is 0 Å². The Bertz CT molecular complexity index is 118. The van der Waals surface area contributed by atoms with Crippen LogP contribution in [0.1, 0.15) is 26.7 Å². The van der Waals surface area contributed by atoms with Gasteiger partial charge in [-0.25, -0.2) is 0 Å². The standard InChI is InChI=1S/C7H15O2Si/c1-7(2)5-4-6-10(3,8)9-7/h4-6H2,1-3H3/q-1. The summed E-state index contributed by atoms with van der Waals surface area (Å²) in [5.74, 6) is 0. The summed E-state index contributed by atoms with van der Waals surface area (Å²) < 4.78 is 5.44. The van der Waals surface area contributed by atoms with Gasteiger partial charge in [0, 0.05) is 5.60 Å². The largest absolute Gasteiger partial charge is 0.838 e. The lowest BCUT2D eigenvalue weighted by atomic mass is 10.0. The molecule has 0 N–H and O–H groups in total. The van der Waals surface area contributed by atoms with Crippen molar-refractivity contribution in [2.24, 2.45) is 0 Å². The predicted molar refractivity (Wildman–Crippen MR) is 40.8 cm³/mol. The first kappa shape index (κ1) is 8.24. The van der Waals surface area contributed by atoms with Crippen LogP contribution in [-0.2, 0) is 4.43 Å². The minimum absolute atomic E-state index is 0.138. The van der Waals surface area contributed by atoms with Crippen molar-refractivity contribution in [2.45, 2.75) is 44.9 Å². The lowest BCUT2D eigenvalue weighted by Crippen LogP contribution is -2.57. The molecule has 0 amide bonds. The zero-order chi connectivity index (χ0) is 7.83. The van der Waals surface area contributed by atoms with Gasteiger partial charge in [0.2, 0.25) is 0 Å². The second kappa shape index (κ2) is 2.32. The molecule has 0 aromatic carbocycles. The highest BCUT2D eigenvalue weighted by atomic mass is 28.4. The van der Waals surface area contributed by atoms with Gasteiger partial charge in [-0.1, -0.05) is 13.0 Å². The Balaban J connectivity index is 2.56. The highest BCUT2D eigenvalue weighted by molar-refractivity contribution is 6.63. The summed E-state index contributed by atoms with van der Waals surface area (Å²) >= 11 is 0. The third-order valence-corrected chi connectivity index (χ3v) is 4.15. The molecule has 0 radical (unpaired) electrons. The quantitative estimate of drug-likeness (QED) is 0.494. The van der Waals surface area contributed by atoms with Crippen molar-refractivity contribution in [3.05, 3.63) is 0 Å². The first-order chi connectivity index (χ1) is 4.41. The fourth-order valence-electron chi connectivity index (χ4n) is 1.52. The molecule has 1 saturated heterocycles. The van der Waals surface area contributed by atoms with E-state index in [9.17, 15) is 4.80 Å². The second-order valence-electron chi connectivity index (χ2n) is 3.85. The summed E-state index contributed by atoms with van der Waals surface area (Å²) in [7, 11) is -2.48. The summed E-state index contributed by atoms with van der Waals surface area (Å²) in [6.45, 7) is 5.78. The lowest BCUT2D eigenvalue weighted by Gasteiger charge is -2.46. The summed E-state index contributed by atoms with van der Waals surface area (Å²) in [5, 5.41) is 0. The Morgan fingerprint density at radius 3 is 2.40 bits per heavy atom. The van der Waals surface area contributed by atoms with Crippen LogP contribution in [-0.4, -0.2) is 14.2 Å². The molecule has 0 aromatic heterocycles. The number of hydrogen-bond acceptors (Lipinski definition) is 2. The van der Waals surface area contributed by atoms with E-state index in [4.69, 9.17) is 4.43 Å². The van der Waals surface area contributed by atoms with Crippen LogP contribution in [0.3, 0.4) is 0 Å². The van der Waals surface area contributed by atoms with E-state index in [2.05, 4.69) is 0 Å². The van der Waals surface area contributed by atoms with E-state index in [0.717, 1.165) is 18.9 Å². The third kappa shape index (κ3) is 2.07. The molecule has 2 nitrogen and oxygen atoms in total. The minimum atomic E-state index is -2.48. The van der Waals surface area contributed by atoms with Gasteiger partial charge in [-0.15, -0.1) is 0 Å². The van der Waals surface area contributed by atoms with E-state index in [1.54, 1.807) is 6.55 Å². The van der Waals surface area contributed by atoms with Crippen LogP contribution in [0, 0.1) is 0 Å². The van der Waals surface area contributed by atoms with Crippen LogP contribution in [0.2, 0.25) is 12.6 Å². The molecule has 1 atom stereocenters. The molecule has 1 rings (SSSR count). The molecule has 0 aromatic rings. The molecular weight excluding hydrogens is 144 g/mol. The maximum absolute atomic E-state index is 11.5. The molecule has 3 heteroatoms. The molecule has 0 bridgehead atoms. The zero-order valence-corrected chi connectivity index (χ0v) is 7.94. The monoisotopic (exact) mass is 159 g/mol. The van der Waals surface area contributed by atoms with Gasteiger partial charge in [-0.2, -0.15) is 0 Å². The van der Waals surface area contributed by atoms with Crippen LogP contribution in [0.15, 0.2) is 0 Å². The van der Waals surface area contributed by atoms with Gasteiger partial charge >= 0.3 is 0 Å². The maximum Gasteiger partial charge on any atom is 0.0973 e. The van der Waals surface area contributed by atoms with Crippen LogP contribution < -0.4 is 4.80 Å². The molecule has 1 unspecified atom stereocenters. The van der Waals surface area contributed by atoms with E-state index in [1.165, 1.54) is 0 Å². The first-order valence-corrected chi connectivity index (χ1v) is 6.34. The van der Waals surface area contributed by atoms with E-state index in [1.807, 2.05) is 13.8 Å². The highest BCUT2D eigenvalue weighted by Gasteiger charge is 2.30. The van der Waals surface area contributed by atoms with Gasteiger partial charge in [0.25, 0.3) is 0 Å². The molecule has 0 aliphatic carbocycles. The zero-order valence-electron chi connectivity index (χ0n) is 6.94. The molecule has 60 valence electrons. The predicted octanol–water partition coefficient (Wildman–Crippen LogP) is 1.01. The smallest absolute Gasteiger partial charge is 0.0973 e. The SMILES string of the molecule is CC1(C)CCC[Si](C)([O-])O1. The normalized spacial score (nSPS) is 39.6. The van der Waals surface area contributed by atoms with E-state index >= 15 is 0 Å². The summed E-state index contributed by atoms with van der Waals surface area (Å²) in [5.41, 5.74) is -0.138. The highest BCUT2D eigenvalue weighted by Crippen LogP contribution is 2.29. The molecule has 1 heterocycles. The van der Waals surface area contributed by atoms with Crippen molar-refractivity contribution >= 4 is 8.56 Å². The second-order valence-corrected chi connectivity index (χ2v) is 6.82. The Hall–Kier alpha value is 0.137. The van der Waals surface area contributed by atoms with Gasteiger partial charge in [0.05, 0.1) is 8.56 Å². The van der Waals surface area contributed by atoms with Crippen molar-refractivity contribution < 1.29 is 9.22 Å². The Morgan fingerprint density at radius 1 is 1.50 bits per heavy atom. The molecule has 1 fully saturated rings. The minimum Gasteiger partial charge on any atom is -0.838 e. The van der Waals surface area contributed by atoms with Gasteiger partial charge in [-0.05, 0) is 26.3 Å². The Labute approximate surface area is 63.5 Å². The first-order valence-electron chi connectivity index (χ1n) is 3.82. The Kier molecular flexibility index (Phi) is 1.91. The number of hydrogen-bond donors (Lipinski definition) is 0. The van der Waals surface area contributed by atoms with Gasteiger partial charge in [0.15, 0.2) is 0 Å². The van der Waals surface area contributed by atoms with Gasteiger partial charge in [0.1, 0.15) is 0 Å². The lowest BCUT2D eigenvalue weighted by molar-refractivity contribution is -0.253. The molecular formula is C7H15O2Si-. The van der Waals surface area contributed by atoms with Crippen LogP contribution in [0.5, 0.6) is 0 Å². The summed E-state index contributed by atoms with van der Waals surface area (Å²) in [4.78, 5) is 11.5. The van der Waals surface area contributed by atoms with Crippen LogP contribution in [0.4, 0.5) is 0 Å². The molecule has 1 aliphatic heterocycles. The fraction of sp³-hybridized carbons (Fsp3) is 1.00. The van der Waals surface area contributed by atoms with E-state index in [0.29, 0.717) is 0 Å². The van der Waals surface area contributed by atoms with Crippen LogP contribution in [0.25, 0.3) is 0 Å². The summed E-state index contributed by atoms with van der Waals surface area (Å²) in [6.07, 6.45) is 2.09. The molecule has 0 spiro atoms. The third-order valence-electron chi connectivity index (χ3n) is 1.90. The topological polar surface area (TPSA) is 32.3 Å². The fourth-order valence-corrected chi connectivity index (χ4v) is 3.71. The van der Waals surface area contributed by atoms with E-state index < -0.39 is 8.56 Å². The van der Waals surface area contributed by atoms with Crippen molar-refractivity contribution in [1.82, 2.24) is 0 Å².